The fraction of sp³-hybridized carbons (Fsp3) is 0.217. The number of nitrogens with one attached hydrogen (secondary N) is 2. The molecule has 3 aromatic rings. The Morgan fingerprint density at radius 3 is 2.62 bits per heavy atom. The topological polar surface area (TPSA) is 106 Å². The van der Waals surface area contributed by atoms with E-state index in [9.17, 15) is 14.4 Å². The number of benzene rings is 2. The molecular formula is C23H23N5O4. The Hall–Kier alpha value is -4.14. The predicted octanol–water partition coefficient (Wildman–Crippen LogP) is 3.14. The van der Waals surface area contributed by atoms with Gasteiger partial charge in [-0.2, -0.15) is 5.10 Å². The van der Waals surface area contributed by atoms with Crippen LogP contribution in [0.25, 0.3) is 5.69 Å². The highest BCUT2D eigenvalue weighted by molar-refractivity contribution is 6.05. The van der Waals surface area contributed by atoms with Crippen molar-refractivity contribution in [2.45, 2.75) is 13.8 Å². The van der Waals surface area contributed by atoms with Crippen molar-refractivity contribution in [1.82, 2.24) is 15.1 Å². The first-order valence-electron chi connectivity index (χ1n) is 10.3. The lowest BCUT2D eigenvalue weighted by Gasteiger charge is -2.15. The second-order valence-electron chi connectivity index (χ2n) is 7.21. The Morgan fingerprint density at radius 1 is 1.16 bits per heavy atom. The van der Waals surface area contributed by atoms with Gasteiger partial charge in [-0.1, -0.05) is 6.07 Å². The average Bonchev–Trinajstić information content (AvgIpc) is 3.39. The van der Waals surface area contributed by atoms with Crippen molar-refractivity contribution in [1.29, 1.82) is 0 Å². The van der Waals surface area contributed by atoms with E-state index < -0.39 is 5.97 Å². The van der Waals surface area contributed by atoms with Gasteiger partial charge in [-0.3, -0.25) is 9.69 Å². The third-order valence-electron chi connectivity index (χ3n) is 5.15. The molecule has 2 N–H and O–H groups in total. The van der Waals surface area contributed by atoms with Crippen LogP contribution in [0.15, 0.2) is 54.7 Å². The minimum absolute atomic E-state index is 0.149. The number of aromatic nitrogens is 2. The number of ether oxygens (including phenoxy) is 1. The van der Waals surface area contributed by atoms with Gasteiger partial charge in [-0.05, 0) is 56.3 Å². The van der Waals surface area contributed by atoms with Gasteiger partial charge in [0.2, 0.25) is 0 Å². The van der Waals surface area contributed by atoms with Crippen molar-refractivity contribution >= 4 is 29.3 Å². The van der Waals surface area contributed by atoms with Gasteiger partial charge in [0.1, 0.15) is 5.56 Å². The van der Waals surface area contributed by atoms with Gasteiger partial charge in [0, 0.05) is 30.0 Å². The second-order valence-corrected chi connectivity index (χ2v) is 7.21. The zero-order chi connectivity index (χ0) is 22.7. The quantitative estimate of drug-likeness (QED) is 0.581. The van der Waals surface area contributed by atoms with E-state index in [4.69, 9.17) is 4.74 Å². The number of esters is 1. The standard InChI is InChI=1S/C23H23N5O4/c1-3-32-22(30)20-14-25-28(15(20)2)18-9-7-16(8-10-18)21(29)26-17-5-4-6-19(13-17)27-12-11-24-23(27)31/h4-10,13-14H,3,11-12H2,1-2H3,(H,24,31)(H,26,29). The summed E-state index contributed by atoms with van der Waals surface area (Å²) in [6, 6.07) is 13.9. The molecule has 1 aliphatic rings. The molecule has 32 heavy (non-hydrogen) atoms. The van der Waals surface area contributed by atoms with Crippen LogP contribution in [0, 0.1) is 6.92 Å². The average molecular weight is 433 g/mol. The second kappa shape index (κ2) is 8.93. The summed E-state index contributed by atoms with van der Waals surface area (Å²) in [5, 5.41) is 9.88. The van der Waals surface area contributed by atoms with Crippen molar-refractivity contribution in [3.05, 3.63) is 71.5 Å². The highest BCUT2D eigenvalue weighted by Crippen LogP contribution is 2.22. The molecule has 9 heteroatoms. The fourth-order valence-electron chi connectivity index (χ4n) is 3.51. The minimum atomic E-state index is -0.416. The SMILES string of the molecule is CCOC(=O)c1cnn(-c2ccc(C(=O)Nc3cccc(N4CCNC4=O)c3)cc2)c1C. The van der Waals surface area contributed by atoms with Crippen LogP contribution in [-0.4, -0.2) is 47.4 Å². The number of hydrogen-bond donors (Lipinski definition) is 2. The van der Waals surface area contributed by atoms with Gasteiger partial charge in [0.15, 0.2) is 0 Å². The van der Waals surface area contributed by atoms with E-state index in [1.807, 2.05) is 6.07 Å². The molecule has 0 unspecified atom stereocenters. The monoisotopic (exact) mass is 433 g/mol. The molecule has 1 aromatic heterocycles. The number of hydrogen-bond acceptors (Lipinski definition) is 5. The van der Waals surface area contributed by atoms with E-state index in [1.54, 1.807) is 65.9 Å². The van der Waals surface area contributed by atoms with Crippen LogP contribution in [0.3, 0.4) is 0 Å². The molecule has 0 aliphatic carbocycles. The van der Waals surface area contributed by atoms with Gasteiger partial charge < -0.3 is 15.4 Å². The van der Waals surface area contributed by atoms with E-state index in [1.165, 1.54) is 6.20 Å². The van der Waals surface area contributed by atoms with Crippen LogP contribution in [0.4, 0.5) is 16.2 Å². The molecule has 3 amide bonds. The summed E-state index contributed by atoms with van der Waals surface area (Å²) in [4.78, 5) is 38.2. The summed E-state index contributed by atoms with van der Waals surface area (Å²) in [6.07, 6.45) is 1.47. The highest BCUT2D eigenvalue weighted by Gasteiger charge is 2.21. The number of nitrogens with zero attached hydrogens (tertiary/aromatic N) is 3. The maximum Gasteiger partial charge on any atom is 0.341 e. The van der Waals surface area contributed by atoms with E-state index in [0.29, 0.717) is 42.2 Å². The third kappa shape index (κ3) is 4.18. The summed E-state index contributed by atoms with van der Waals surface area (Å²) in [7, 11) is 0. The van der Waals surface area contributed by atoms with Gasteiger partial charge >= 0.3 is 12.0 Å². The molecule has 2 aromatic carbocycles. The largest absolute Gasteiger partial charge is 0.462 e. The first-order valence-corrected chi connectivity index (χ1v) is 10.3. The van der Waals surface area contributed by atoms with Gasteiger partial charge in [0.05, 0.1) is 24.2 Å². The van der Waals surface area contributed by atoms with Crippen molar-refractivity contribution in [3.8, 4) is 5.69 Å². The molecule has 4 rings (SSSR count). The number of rotatable bonds is 6. The lowest BCUT2D eigenvalue weighted by molar-refractivity contribution is 0.0525. The van der Waals surface area contributed by atoms with E-state index in [0.717, 1.165) is 11.4 Å². The number of anilines is 2. The highest BCUT2D eigenvalue weighted by atomic mass is 16.5. The fourth-order valence-corrected chi connectivity index (χ4v) is 3.51. The Kier molecular flexibility index (Phi) is 5.89. The maximum absolute atomic E-state index is 12.7. The zero-order valence-electron chi connectivity index (χ0n) is 17.8. The van der Waals surface area contributed by atoms with Crippen LogP contribution in [0.5, 0.6) is 0 Å². The molecule has 0 bridgehead atoms. The third-order valence-corrected chi connectivity index (χ3v) is 5.15. The van der Waals surface area contributed by atoms with Crippen molar-refractivity contribution in [2.75, 3.05) is 29.9 Å². The smallest absolute Gasteiger partial charge is 0.341 e. The molecule has 1 aliphatic heterocycles. The van der Waals surface area contributed by atoms with Crippen molar-refractivity contribution in [3.63, 3.8) is 0 Å². The number of amides is 3. The van der Waals surface area contributed by atoms with Gasteiger partial charge in [-0.25, -0.2) is 14.3 Å². The van der Waals surface area contributed by atoms with E-state index in [-0.39, 0.29) is 11.9 Å². The van der Waals surface area contributed by atoms with Gasteiger partial charge in [0.25, 0.3) is 5.91 Å². The van der Waals surface area contributed by atoms with Crippen LogP contribution >= 0.6 is 0 Å². The Bertz CT molecular complexity index is 1170. The van der Waals surface area contributed by atoms with Crippen LogP contribution in [0.2, 0.25) is 0 Å². The van der Waals surface area contributed by atoms with Crippen molar-refractivity contribution < 1.29 is 19.1 Å². The zero-order valence-corrected chi connectivity index (χ0v) is 17.8. The van der Waals surface area contributed by atoms with E-state index in [2.05, 4.69) is 15.7 Å². The first kappa shape index (κ1) is 21.1. The lowest BCUT2D eigenvalue weighted by atomic mass is 10.1. The van der Waals surface area contributed by atoms with Crippen molar-refractivity contribution in [2.24, 2.45) is 0 Å². The predicted molar refractivity (Wildman–Crippen MR) is 119 cm³/mol. The summed E-state index contributed by atoms with van der Waals surface area (Å²) < 4.78 is 6.67. The number of carbonyl (C=O) groups excluding carboxylic acids is 3. The molecule has 1 saturated heterocycles. The van der Waals surface area contributed by atoms with Crippen LogP contribution < -0.4 is 15.5 Å². The summed E-state index contributed by atoms with van der Waals surface area (Å²) in [5.41, 5.74) is 3.56. The molecule has 1 fully saturated rings. The maximum atomic E-state index is 12.7. The number of carbonyl (C=O) groups is 3. The van der Waals surface area contributed by atoms with Crippen LogP contribution in [-0.2, 0) is 4.74 Å². The molecule has 2 heterocycles. The Labute approximate surface area is 185 Å². The summed E-state index contributed by atoms with van der Waals surface area (Å²) in [6.45, 7) is 5.01. The first-order chi connectivity index (χ1) is 15.5. The summed E-state index contributed by atoms with van der Waals surface area (Å²) >= 11 is 0. The normalized spacial score (nSPS) is 13.1. The molecule has 0 spiro atoms. The molecule has 164 valence electrons. The summed E-state index contributed by atoms with van der Waals surface area (Å²) in [5.74, 6) is -0.690. The molecule has 0 atom stereocenters. The number of urea groups is 1. The molecule has 0 saturated carbocycles. The lowest BCUT2D eigenvalue weighted by Crippen LogP contribution is -2.27. The molecule has 0 radical (unpaired) electrons. The van der Waals surface area contributed by atoms with Gasteiger partial charge in [-0.15, -0.1) is 0 Å². The van der Waals surface area contributed by atoms with E-state index >= 15 is 0 Å². The minimum Gasteiger partial charge on any atom is -0.462 e. The molecule has 9 nitrogen and oxygen atoms in total. The van der Waals surface area contributed by atoms with Crippen LogP contribution in [0.1, 0.15) is 33.3 Å². The Morgan fingerprint density at radius 2 is 1.94 bits per heavy atom. The molecular weight excluding hydrogens is 410 g/mol. The Balaban J connectivity index is 1.47.